The molecule has 2 aliphatic heterocycles. The molecule has 0 fully saturated rings. The number of fused-ring (bicyclic) bond motifs is 6. The number of carbonyl (C=O) groups excluding carboxylic acids is 3. The molecule has 0 atom stereocenters. The van der Waals surface area contributed by atoms with Crippen molar-refractivity contribution in [2.24, 2.45) is 0 Å². The van der Waals surface area contributed by atoms with E-state index in [2.05, 4.69) is 216 Å². The van der Waals surface area contributed by atoms with Crippen molar-refractivity contribution in [2.75, 3.05) is 77.6 Å². The number of imidazole rings is 2. The average Bonchev–Trinajstić information content (AvgIpc) is 1.04. The Balaban J connectivity index is 0.000000185. The van der Waals surface area contributed by atoms with Gasteiger partial charge in [0.15, 0.2) is 22.7 Å². The standard InChI is InChI=1S/C40H40N8O4Si.C40H42N8O2Si/c1-47(2)26-12-15-29-32(18-26)53(5,6)33-19-27(48(3)4)13-16-30(33)34(29)31-17-25(11-14-28(31)39(50)51)37(49)42-20-23-7-9-24(10-8-23)21-52-38-35-36(44-22-43-35)45-40(41)46-38;1-24-8-13-27(38(49)42-21-25-9-11-26(12-10-25)22-50-39-36-37(44-23-43-36)45-40(41)46-39)18-32(24)35-30-16-14-28(47(2)3)19-33(30)51(6,7)34-20-29(48(4)5)15-17-31(34)35/h7-19,22H,20-21H2,1-6H3,(H4-,41,42,43,44,45,46,49,50,51);8-20,23H,21-22H2,1-7H3,(H3-,41,42,43,44,45,46,49)/p+1. The van der Waals surface area contributed by atoms with Crippen molar-refractivity contribution >= 4 is 112 Å². The van der Waals surface area contributed by atoms with Gasteiger partial charge in [-0.15, -0.1) is 0 Å². The molecule has 2 aliphatic carbocycles. The van der Waals surface area contributed by atoms with Gasteiger partial charge in [0.05, 0.1) is 18.6 Å². The first kappa shape index (κ1) is 70.3. The van der Waals surface area contributed by atoms with Gasteiger partial charge in [0, 0.05) is 93.6 Å². The number of carbonyl (C=O) groups is 3. The monoisotopic (exact) mass is 1420 g/mol. The molecule has 104 heavy (non-hydrogen) atoms. The Morgan fingerprint density at radius 2 is 0.933 bits per heavy atom. The number of hydrogen-bond donors (Lipinski definition) is 6. The molecule has 0 saturated carbocycles. The first-order valence-corrected chi connectivity index (χ1v) is 40.1. The van der Waals surface area contributed by atoms with E-state index >= 15 is 0 Å². The van der Waals surface area contributed by atoms with Crippen LogP contribution < -0.4 is 56.9 Å². The van der Waals surface area contributed by atoms with Crippen LogP contribution in [0, 0.1) is 6.92 Å². The number of nitrogens with two attached hydrogens (primary N) is 2. The number of nitrogens with zero attached hydrogens (tertiary/aromatic N) is 10. The van der Waals surface area contributed by atoms with Gasteiger partial charge in [-0.2, -0.15) is 19.9 Å². The fourth-order valence-corrected chi connectivity index (χ4v) is 19.8. The van der Waals surface area contributed by atoms with Crippen LogP contribution in [0.25, 0.3) is 33.5 Å². The number of benzene rings is 6. The molecule has 526 valence electrons. The number of aromatic nitrogens is 8. The van der Waals surface area contributed by atoms with Gasteiger partial charge in [-0.25, -0.2) is 19.1 Å². The molecule has 4 aliphatic rings. The smallest absolute Gasteiger partial charge is 0.251 e. The van der Waals surface area contributed by atoms with Crippen molar-refractivity contribution in [3.05, 3.63) is 259 Å². The maximum Gasteiger partial charge on any atom is 0.251 e. The van der Waals surface area contributed by atoms with Crippen molar-refractivity contribution in [3.8, 4) is 11.8 Å². The maximum atomic E-state index is 13.7. The lowest BCUT2D eigenvalue weighted by Crippen LogP contribution is -2.50. The molecule has 0 saturated heterocycles. The third-order valence-electron chi connectivity index (χ3n) is 19.6. The molecule has 4 aromatic heterocycles. The predicted molar refractivity (Wildman–Crippen MR) is 415 cm³/mol. The highest BCUT2D eigenvalue weighted by atomic mass is 28.3. The number of carboxylic acids is 1. The number of ether oxygens (including phenoxy) is 2. The van der Waals surface area contributed by atoms with Crippen molar-refractivity contribution in [2.45, 2.75) is 59.4 Å². The van der Waals surface area contributed by atoms with Crippen LogP contribution in [-0.2, 0) is 26.3 Å². The van der Waals surface area contributed by atoms with E-state index < -0.39 is 22.1 Å². The van der Waals surface area contributed by atoms with Crippen LogP contribution in [0.15, 0.2) is 192 Å². The number of hydrogen-bond acceptors (Lipinski definition) is 16. The summed E-state index contributed by atoms with van der Waals surface area (Å²) in [5, 5.41) is 24.0. The fraction of sp³-hybridized carbons (Fsp3) is 0.212. The number of H-pyrrole nitrogens is 2. The molecule has 0 spiro atoms. The highest BCUT2D eigenvalue weighted by molar-refractivity contribution is 6.98. The van der Waals surface area contributed by atoms with E-state index in [0.29, 0.717) is 63.9 Å². The Morgan fingerprint density at radius 1 is 0.519 bits per heavy atom. The zero-order valence-electron chi connectivity index (χ0n) is 60.6. The summed E-state index contributed by atoms with van der Waals surface area (Å²) in [6.45, 7) is 12.9. The normalized spacial score (nSPS) is 14.5. The van der Waals surface area contributed by atoms with E-state index in [0.717, 1.165) is 61.5 Å². The maximum absolute atomic E-state index is 13.7. The minimum Gasteiger partial charge on any atom is -0.545 e. The number of carboxylic acid groups (broad SMARTS) is 1. The molecule has 0 radical (unpaired) electrons. The Hall–Kier alpha value is -12.2. The van der Waals surface area contributed by atoms with Crippen LogP contribution in [-0.4, -0.2) is 151 Å². The lowest BCUT2D eigenvalue weighted by molar-refractivity contribution is -0.462. The number of allylic oxidation sites excluding steroid dienone is 10. The number of nitrogens with one attached hydrogen (secondary N) is 4. The minimum absolute atomic E-state index is 0.0268. The second kappa shape index (κ2) is 28.3. The van der Waals surface area contributed by atoms with Crippen LogP contribution in [0.2, 0.25) is 26.2 Å². The third kappa shape index (κ3) is 13.9. The molecule has 6 aromatic carbocycles. The molecule has 10 aromatic rings. The van der Waals surface area contributed by atoms with E-state index in [1.807, 2.05) is 82.8 Å². The number of aromatic amines is 2. The summed E-state index contributed by atoms with van der Waals surface area (Å²) in [5.41, 5.74) is 31.9. The summed E-state index contributed by atoms with van der Waals surface area (Å²) >= 11 is 0. The highest BCUT2D eigenvalue weighted by Crippen LogP contribution is 2.45. The van der Waals surface area contributed by atoms with Gasteiger partial charge in [0.25, 0.3) is 11.8 Å². The van der Waals surface area contributed by atoms with Gasteiger partial charge in [0.2, 0.25) is 23.7 Å². The number of nitrogen functional groups attached to an aromatic ring is 2. The van der Waals surface area contributed by atoms with Crippen LogP contribution >= 0.6 is 0 Å². The van der Waals surface area contributed by atoms with E-state index in [9.17, 15) is 19.5 Å². The van der Waals surface area contributed by atoms with Crippen LogP contribution in [0.3, 0.4) is 0 Å². The molecule has 22 nitrogen and oxygen atoms in total. The molecule has 0 bridgehead atoms. The largest absolute Gasteiger partial charge is 0.545 e. The zero-order chi connectivity index (χ0) is 73.6. The summed E-state index contributed by atoms with van der Waals surface area (Å²) in [7, 11) is 12.1. The van der Waals surface area contributed by atoms with E-state index in [1.54, 1.807) is 6.07 Å². The van der Waals surface area contributed by atoms with Crippen LogP contribution in [0.5, 0.6) is 11.8 Å². The molecule has 0 unspecified atom stereocenters. The lowest BCUT2D eigenvalue weighted by Gasteiger charge is -2.38. The second-order valence-electron chi connectivity index (χ2n) is 28.1. The van der Waals surface area contributed by atoms with Crippen molar-refractivity contribution in [1.29, 1.82) is 0 Å². The first-order chi connectivity index (χ1) is 49.7. The number of anilines is 4. The predicted octanol–water partition coefficient (Wildman–Crippen LogP) is 8.65. The molecule has 2 amide bonds. The van der Waals surface area contributed by atoms with E-state index in [1.165, 1.54) is 73.7 Å². The van der Waals surface area contributed by atoms with Gasteiger partial charge in [-0.05, 0) is 161 Å². The zero-order valence-corrected chi connectivity index (χ0v) is 62.6. The van der Waals surface area contributed by atoms with Gasteiger partial charge in [0.1, 0.15) is 68.6 Å². The van der Waals surface area contributed by atoms with Gasteiger partial charge in [-0.1, -0.05) is 99.0 Å². The molecular formula is C80H83N16O6Si2+. The summed E-state index contributed by atoms with van der Waals surface area (Å²) in [4.78, 5) is 75.0. The number of aryl methyl sites for hydroxylation is 1. The number of amides is 2. The Kier molecular flexibility index (Phi) is 19.2. The van der Waals surface area contributed by atoms with Gasteiger partial charge in [-0.3, -0.25) is 9.59 Å². The Bertz CT molecular complexity index is 5430. The lowest BCUT2D eigenvalue weighted by atomic mass is 9.86. The third-order valence-corrected chi connectivity index (χ3v) is 26.7. The molecule has 8 N–H and O–H groups in total. The average molecular weight is 1420 g/mol. The summed E-state index contributed by atoms with van der Waals surface area (Å²) in [6.07, 6.45) is 16.3. The topological polar surface area (TPSA) is 290 Å². The van der Waals surface area contributed by atoms with Crippen molar-refractivity contribution in [1.82, 2.24) is 50.5 Å². The second-order valence-corrected chi connectivity index (χ2v) is 36.8. The quantitative estimate of drug-likeness (QED) is 0.0367. The molecule has 6 heterocycles. The number of aromatic carboxylic acids is 1. The van der Waals surface area contributed by atoms with E-state index in [-0.39, 0.29) is 42.4 Å². The Morgan fingerprint density at radius 3 is 1.36 bits per heavy atom. The minimum atomic E-state index is -2.27. The molecule has 24 heteroatoms. The Labute approximate surface area is 605 Å². The highest BCUT2D eigenvalue weighted by Gasteiger charge is 2.43. The van der Waals surface area contributed by atoms with Crippen molar-refractivity contribution in [3.63, 3.8) is 0 Å². The van der Waals surface area contributed by atoms with Crippen LogP contribution in [0.1, 0.15) is 81.1 Å². The molecule has 14 rings (SSSR count). The summed E-state index contributed by atoms with van der Waals surface area (Å²) in [5.74, 6) is -0.915. The number of rotatable bonds is 17. The van der Waals surface area contributed by atoms with Crippen molar-refractivity contribution < 1.29 is 38.1 Å². The SMILES string of the molecule is CN(C)c1ccc2c(c1)[Si](C)(C)C1=CC(=[N+](C)C)C=CC1=C2c1cc(C(=O)NCc2ccc(COc3nc(N)nc4nc[nH]c34)cc2)ccc1C(=O)[O-].Cc1ccc(C(=O)NCc2ccc(COc3nc(N)nc4nc[nH]c34)cc2)cc1C1=C2C=CC(=[N+](C)C)C=C2[Si](C)(C)c2cc(N(C)C)ccc21. The first-order valence-electron chi connectivity index (χ1n) is 34.1. The van der Waals surface area contributed by atoms with Gasteiger partial charge >= 0.3 is 0 Å². The fourth-order valence-electron chi connectivity index (χ4n) is 13.7. The summed E-state index contributed by atoms with van der Waals surface area (Å²) in [6, 6.07) is 39.5. The van der Waals surface area contributed by atoms with Crippen LogP contribution in [0.4, 0.5) is 23.3 Å². The van der Waals surface area contributed by atoms with E-state index in [4.69, 9.17) is 20.9 Å². The summed E-state index contributed by atoms with van der Waals surface area (Å²) < 4.78 is 16.1. The van der Waals surface area contributed by atoms with Gasteiger partial charge < -0.3 is 61.2 Å². The molecular weight excluding hydrogens is 1340 g/mol.